The number of para-hydroxylation sites is 2. The number of rotatable bonds is 11. The van der Waals surface area contributed by atoms with Crippen LogP contribution in [0.2, 0.25) is 0 Å². The maximum Gasteiger partial charge on any atom is 0.250 e. The number of hydrazone groups is 1. The Morgan fingerprint density at radius 2 is 1.53 bits per heavy atom. The van der Waals surface area contributed by atoms with Gasteiger partial charge in [0.25, 0.3) is 0 Å². The van der Waals surface area contributed by atoms with Gasteiger partial charge in [0.1, 0.15) is 11.5 Å². The summed E-state index contributed by atoms with van der Waals surface area (Å²) in [5.74, 6) is 1.07. The topological polar surface area (TPSA) is 101 Å². The molecule has 0 fully saturated rings. The molecule has 3 N–H and O–H groups in total. The van der Waals surface area contributed by atoms with Crippen LogP contribution in [-0.4, -0.2) is 43.8 Å². The van der Waals surface area contributed by atoms with E-state index in [1.54, 1.807) is 32.6 Å². The van der Waals surface area contributed by atoms with Gasteiger partial charge in [-0.1, -0.05) is 30.3 Å². The van der Waals surface area contributed by atoms with Crippen LogP contribution in [0.3, 0.4) is 0 Å². The number of hydrazine groups is 1. The number of thioether (sulfide) groups is 1. The Labute approximate surface area is 179 Å². The molecule has 0 radical (unpaired) electrons. The number of hydrogen-bond donors (Lipinski definition) is 3. The third-order valence-electron chi connectivity index (χ3n) is 3.69. The molecule has 9 heteroatoms. The average Bonchev–Trinajstić information content (AvgIpc) is 2.77. The lowest BCUT2D eigenvalue weighted by molar-refractivity contribution is -0.119. The molecular weight excluding hydrogens is 404 g/mol. The molecule has 0 aromatic heterocycles. The Morgan fingerprint density at radius 3 is 2.23 bits per heavy atom. The van der Waals surface area contributed by atoms with Crippen LogP contribution in [0.5, 0.6) is 11.5 Å². The number of nitrogens with one attached hydrogen (secondary N) is 3. The lowest BCUT2D eigenvalue weighted by atomic mass is 10.2. The minimum Gasteiger partial charge on any atom is -0.496 e. The number of benzene rings is 2. The number of nitrogens with zero attached hydrogens (tertiary/aromatic N) is 1. The monoisotopic (exact) mass is 428 g/mol. The first-order valence-corrected chi connectivity index (χ1v) is 10.2. The third kappa shape index (κ3) is 7.88. The molecule has 0 saturated heterocycles. The number of methoxy groups -OCH3 is 2. The maximum atomic E-state index is 11.8. The maximum absolute atomic E-state index is 11.8. The molecule has 0 aliphatic heterocycles. The number of amides is 2. The Balaban J connectivity index is 1.63. The molecule has 8 nitrogen and oxygen atoms in total. The highest BCUT2D eigenvalue weighted by molar-refractivity contribution is 8.00. The van der Waals surface area contributed by atoms with Crippen LogP contribution < -0.4 is 25.8 Å². The van der Waals surface area contributed by atoms with Gasteiger partial charge in [-0.2, -0.15) is 5.10 Å². The molecule has 0 heterocycles. The Morgan fingerprint density at radius 1 is 0.933 bits per heavy atom. The predicted molar refractivity (Wildman–Crippen MR) is 119 cm³/mol. The van der Waals surface area contributed by atoms with Gasteiger partial charge in [0.05, 0.1) is 31.9 Å². The van der Waals surface area contributed by atoms with E-state index in [1.165, 1.54) is 18.0 Å². The quantitative estimate of drug-likeness (QED) is 0.375. The van der Waals surface area contributed by atoms with Gasteiger partial charge in [-0.15, -0.1) is 11.8 Å². The van der Waals surface area contributed by atoms with Gasteiger partial charge in [-0.25, -0.2) is 5.43 Å². The van der Waals surface area contributed by atoms with Crippen molar-refractivity contribution in [2.24, 2.45) is 5.10 Å². The molecule has 0 spiro atoms. The molecule has 2 rings (SSSR count). The van der Waals surface area contributed by atoms with E-state index >= 15 is 0 Å². The Kier molecular flexibility index (Phi) is 9.81. The van der Waals surface area contributed by atoms with Gasteiger partial charge in [0, 0.05) is 17.3 Å². The van der Waals surface area contributed by atoms with Crippen LogP contribution in [0, 0.1) is 0 Å². The van der Waals surface area contributed by atoms with Crippen LogP contribution in [0.4, 0.5) is 0 Å². The number of hydrogen-bond acceptors (Lipinski definition) is 7. The fourth-order valence-corrected chi connectivity index (χ4v) is 2.92. The SMILES string of the molecule is COc1ccccc1C=CNNC(=O)CSCC(=O)NN=Cc1ccccc1OC. The lowest BCUT2D eigenvalue weighted by Crippen LogP contribution is -2.35. The van der Waals surface area contributed by atoms with Crippen molar-refractivity contribution >= 4 is 35.9 Å². The van der Waals surface area contributed by atoms with Gasteiger partial charge >= 0.3 is 0 Å². The highest BCUT2D eigenvalue weighted by atomic mass is 32.2. The van der Waals surface area contributed by atoms with Crippen LogP contribution in [0.15, 0.2) is 59.8 Å². The van der Waals surface area contributed by atoms with Crippen molar-refractivity contribution in [2.45, 2.75) is 0 Å². The molecule has 2 amide bonds. The predicted octanol–water partition coefficient (Wildman–Crippen LogP) is 2.18. The van der Waals surface area contributed by atoms with E-state index in [1.807, 2.05) is 42.5 Å². The summed E-state index contributed by atoms with van der Waals surface area (Å²) in [6, 6.07) is 14.8. The van der Waals surface area contributed by atoms with Crippen molar-refractivity contribution in [1.82, 2.24) is 16.3 Å². The van der Waals surface area contributed by atoms with E-state index in [2.05, 4.69) is 21.4 Å². The third-order valence-corrected chi connectivity index (χ3v) is 4.63. The molecular formula is C21H24N4O4S. The van der Waals surface area contributed by atoms with E-state index < -0.39 is 0 Å². The van der Waals surface area contributed by atoms with Crippen LogP contribution in [0.25, 0.3) is 6.08 Å². The van der Waals surface area contributed by atoms with E-state index in [4.69, 9.17) is 9.47 Å². The van der Waals surface area contributed by atoms with Crippen molar-refractivity contribution in [2.75, 3.05) is 25.7 Å². The second-order valence-corrected chi connectivity index (χ2v) is 6.78. The fourth-order valence-electron chi connectivity index (χ4n) is 2.31. The zero-order chi connectivity index (χ0) is 21.6. The molecule has 2 aromatic carbocycles. The first-order chi connectivity index (χ1) is 14.6. The second kappa shape index (κ2) is 12.9. The van der Waals surface area contributed by atoms with Crippen molar-refractivity contribution in [3.8, 4) is 11.5 Å². The summed E-state index contributed by atoms with van der Waals surface area (Å²) in [7, 11) is 3.16. The van der Waals surface area contributed by atoms with E-state index in [0.29, 0.717) is 5.75 Å². The number of carbonyl (C=O) groups is 2. The van der Waals surface area contributed by atoms with Crippen molar-refractivity contribution in [1.29, 1.82) is 0 Å². The number of carbonyl (C=O) groups excluding carboxylic acids is 2. The highest BCUT2D eigenvalue weighted by Crippen LogP contribution is 2.18. The fraction of sp³-hybridized carbons (Fsp3) is 0.190. The highest BCUT2D eigenvalue weighted by Gasteiger charge is 2.04. The number of ether oxygens (including phenoxy) is 2. The standard InChI is InChI=1S/C21H24N4O4S/c1-28-18-9-5-3-7-16(18)11-12-22-24-20(26)14-30-15-21(27)25-23-13-17-8-4-6-10-19(17)29-2/h3-13,22H,14-15H2,1-2H3,(H,24,26)(H,25,27). The minimum absolute atomic E-state index is 0.105. The molecule has 2 aromatic rings. The van der Waals surface area contributed by atoms with Gasteiger partial charge in [0.2, 0.25) is 11.8 Å². The molecule has 0 aliphatic rings. The molecule has 0 atom stereocenters. The lowest BCUT2D eigenvalue weighted by Gasteiger charge is -2.06. The summed E-state index contributed by atoms with van der Waals surface area (Å²) < 4.78 is 10.4. The summed E-state index contributed by atoms with van der Waals surface area (Å²) in [5, 5.41) is 3.90. The zero-order valence-electron chi connectivity index (χ0n) is 16.8. The van der Waals surface area contributed by atoms with E-state index in [9.17, 15) is 9.59 Å². The first-order valence-electron chi connectivity index (χ1n) is 9.00. The van der Waals surface area contributed by atoms with Crippen molar-refractivity contribution in [3.63, 3.8) is 0 Å². The average molecular weight is 429 g/mol. The van der Waals surface area contributed by atoms with E-state index in [0.717, 1.165) is 16.9 Å². The largest absolute Gasteiger partial charge is 0.496 e. The first kappa shape index (κ1) is 22.8. The molecule has 0 aliphatic carbocycles. The Hall–Kier alpha value is -3.46. The molecule has 158 valence electrons. The van der Waals surface area contributed by atoms with Gasteiger partial charge < -0.3 is 14.9 Å². The second-order valence-electron chi connectivity index (χ2n) is 5.80. The molecule has 0 unspecified atom stereocenters. The van der Waals surface area contributed by atoms with Gasteiger partial charge in [-0.05, 0) is 24.3 Å². The molecule has 0 saturated carbocycles. The van der Waals surface area contributed by atoms with E-state index in [-0.39, 0.29) is 23.3 Å². The summed E-state index contributed by atoms with van der Waals surface area (Å²) in [4.78, 5) is 23.6. The van der Waals surface area contributed by atoms with Crippen molar-refractivity contribution in [3.05, 3.63) is 65.9 Å². The molecule has 0 bridgehead atoms. The zero-order valence-corrected chi connectivity index (χ0v) is 17.6. The van der Waals surface area contributed by atoms with Crippen molar-refractivity contribution < 1.29 is 19.1 Å². The minimum atomic E-state index is -0.303. The smallest absolute Gasteiger partial charge is 0.250 e. The van der Waals surface area contributed by atoms with Crippen LogP contribution >= 0.6 is 11.8 Å². The summed E-state index contributed by atoms with van der Waals surface area (Å²) in [6.45, 7) is 0. The van der Waals surface area contributed by atoms with Crippen LogP contribution in [-0.2, 0) is 9.59 Å². The Bertz CT molecular complexity index is 902. The summed E-state index contributed by atoms with van der Waals surface area (Å²) in [5.41, 5.74) is 9.28. The summed E-state index contributed by atoms with van der Waals surface area (Å²) in [6.07, 6.45) is 4.88. The normalized spacial score (nSPS) is 10.7. The van der Waals surface area contributed by atoms with Crippen LogP contribution in [0.1, 0.15) is 11.1 Å². The molecule has 30 heavy (non-hydrogen) atoms. The van der Waals surface area contributed by atoms with Gasteiger partial charge in [-0.3, -0.25) is 15.0 Å². The summed E-state index contributed by atoms with van der Waals surface area (Å²) >= 11 is 1.18. The van der Waals surface area contributed by atoms with Gasteiger partial charge in [0.15, 0.2) is 0 Å².